The van der Waals surface area contributed by atoms with E-state index in [1.165, 1.54) is 23.5 Å². The normalized spacial score (nSPS) is 15.7. The van der Waals surface area contributed by atoms with Crippen molar-refractivity contribution in [2.24, 2.45) is 5.92 Å². The van der Waals surface area contributed by atoms with Gasteiger partial charge in [0.25, 0.3) is 0 Å². The molecule has 6 heteroatoms. The number of thiazole rings is 1. The number of aryl methyl sites for hydroxylation is 1. The molecular formula is C16H18FN3OS. The second kappa shape index (κ2) is 6.54. The maximum atomic E-state index is 13.0. The van der Waals surface area contributed by atoms with Crippen molar-refractivity contribution in [3.63, 3.8) is 0 Å². The number of hydrogen-bond acceptors (Lipinski definition) is 4. The van der Waals surface area contributed by atoms with Crippen LogP contribution in [0.15, 0.2) is 24.3 Å². The molecule has 0 radical (unpaired) electrons. The van der Waals surface area contributed by atoms with E-state index in [1.807, 2.05) is 6.92 Å². The zero-order chi connectivity index (χ0) is 15.5. The van der Waals surface area contributed by atoms with Crippen LogP contribution < -0.4 is 10.6 Å². The summed E-state index contributed by atoms with van der Waals surface area (Å²) in [5.41, 5.74) is 1.66. The molecule has 0 atom stereocenters. The number of nitrogens with one attached hydrogen (secondary N) is 2. The van der Waals surface area contributed by atoms with E-state index < -0.39 is 0 Å². The highest BCUT2D eigenvalue weighted by molar-refractivity contribution is 7.16. The second-order valence-corrected chi connectivity index (χ2v) is 6.65. The summed E-state index contributed by atoms with van der Waals surface area (Å²) in [5, 5.41) is 6.78. The number of piperidine rings is 1. The van der Waals surface area contributed by atoms with Gasteiger partial charge in [-0.25, -0.2) is 9.37 Å². The van der Waals surface area contributed by atoms with Crippen molar-refractivity contribution in [3.05, 3.63) is 35.0 Å². The Hall–Kier alpha value is -1.79. The fraction of sp³-hybridized carbons (Fsp3) is 0.375. The number of benzene rings is 1. The average Bonchev–Trinajstić information content (AvgIpc) is 2.89. The first-order valence-corrected chi connectivity index (χ1v) is 8.20. The minimum absolute atomic E-state index is 0.0425. The molecule has 1 aromatic carbocycles. The Bertz CT molecular complexity index is 663. The Morgan fingerprint density at radius 1 is 1.32 bits per heavy atom. The predicted octanol–water partition coefficient (Wildman–Crippen LogP) is 3.20. The molecule has 1 amide bonds. The van der Waals surface area contributed by atoms with Gasteiger partial charge in [-0.1, -0.05) is 0 Å². The van der Waals surface area contributed by atoms with E-state index in [-0.39, 0.29) is 17.6 Å². The number of carbonyl (C=O) groups is 1. The molecule has 116 valence electrons. The van der Waals surface area contributed by atoms with Gasteiger partial charge in [-0.3, -0.25) is 4.79 Å². The third-order valence-electron chi connectivity index (χ3n) is 3.85. The molecule has 0 aliphatic carbocycles. The van der Waals surface area contributed by atoms with Crippen molar-refractivity contribution >= 4 is 22.4 Å². The molecule has 3 rings (SSSR count). The van der Waals surface area contributed by atoms with Crippen LogP contribution in [0, 0.1) is 18.7 Å². The molecule has 2 aromatic rings. The molecule has 4 nitrogen and oxygen atoms in total. The van der Waals surface area contributed by atoms with E-state index in [0.29, 0.717) is 5.13 Å². The van der Waals surface area contributed by atoms with Crippen molar-refractivity contribution in [2.75, 3.05) is 18.4 Å². The van der Waals surface area contributed by atoms with Gasteiger partial charge in [0.2, 0.25) is 5.91 Å². The van der Waals surface area contributed by atoms with Gasteiger partial charge in [0.15, 0.2) is 5.13 Å². The van der Waals surface area contributed by atoms with E-state index in [1.54, 1.807) is 12.1 Å². The summed E-state index contributed by atoms with van der Waals surface area (Å²) >= 11 is 1.45. The largest absolute Gasteiger partial charge is 0.317 e. The van der Waals surface area contributed by atoms with Crippen molar-refractivity contribution in [1.29, 1.82) is 0 Å². The van der Waals surface area contributed by atoms with Crippen LogP contribution in [-0.2, 0) is 4.79 Å². The van der Waals surface area contributed by atoms with Crippen LogP contribution in [0.4, 0.5) is 9.52 Å². The zero-order valence-electron chi connectivity index (χ0n) is 12.4. The Balaban J connectivity index is 1.74. The number of carbonyl (C=O) groups excluding carboxylic acids is 1. The molecule has 0 bridgehead atoms. The molecule has 0 spiro atoms. The first-order chi connectivity index (χ1) is 10.6. The van der Waals surface area contributed by atoms with Gasteiger partial charge in [0, 0.05) is 16.4 Å². The summed E-state index contributed by atoms with van der Waals surface area (Å²) in [6.07, 6.45) is 1.72. The molecule has 1 aliphatic rings. The van der Waals surface area contributed by atoms with Crippen LogP contribution in [-0.4, -0.2) is 24.0 Å². The summed E-state index contributed by atoms with van der Waals surface area (Å²) in [4.78, 5) is 17.7. The van der Waals surface area contributed by atoms with E-state index in [9.17, 15) is 9.18 Å². The molecule has 0 unspecified atom stereocenters. The SMILES string of the molecule is Cc1sc(NC(=O)C2CCNCC2)nc1-c1ccc(F)cc1. The lowest BCUT2D eigenvalue weighted by Gasteiger charge is -2.21. The van der Waals surface area contributed by atoms with Gasteiger partial charge < -0.3 is 10.6 Å². The first kappa shape index (κ1) is 15.1. The summed E-state index contributed by atoms with van der Waals surface area (Å²) < 4.78 is 13.0. The lowest BCUT2D eigenvalue weighted by molar-refractivity contribution is -0.120. The van der Waals surface area contributed by atoms with E-state index >= 15 is 0 Å². The molecule has 1 aromatic heterocycles. The van der Waals surface area contributed by atoms with Gasteiger partial charge >= 0.3 is 0 Å². The Morgan fingerprint density at radius 3 is 2.68 bits per heavy atom. The second-order valence-electron chi connectivity index (χ2n) is 5.44. The molecule has 1 fully saturated rings. The third-order valence-corrected chi connectivity index (χ3v) is 4.74. The van der Waals surface area contributed by atoms with Crippen LogP contribution in [0.3, 0.4) is 0 Å². The van der Waals surface area contributed by atoms with E-state index in [2.05, 4.69) is 15.6 Å². The quantitative estimate of drug-likeness (QED) is 0.913. The predicted molar refractivity (Wildman–Crippen MR) is 86.5 cm³/mol. The van der Waals surface area contributed by atoms with Gasteiger partial charge in [0.1, 0.15) is 5.82 Å². The number of hydrogen-bond donors (Lipinski definition) is 2. The number of nitrogens with zero attached hydrogens (tertiary/aromatic N) is 1. The fourth-order valence-corrected chi connectivity index (χ4v) is 3.46. The maximum Gasteiger partial charge on any atom is 0.229 e. The number of anilines is 1. The van der Waals surface area contributed by atoms with Crippen molar-refractivity contribution < 1.29 is 9.18 Å². The summed E-state index contributed by atoms with van der Waals surface area (Å²) in [5.74, 6) is -0.170. The number of rotatable bonds is 3. The summed E-state index contributed by atoms with van der Waals surface area (Å²) in [6.45, 7) is 3.72. The average molecular weight is 319 g/mol. The standard InChI is InChI=1S/C16H18FN3OS/c1-10-14(11-2-4-13(17)5-3-11)19-16(22-10)20-15(21)12-6-8-18-9-7-12/h2-5,12,18H,6-9H2,1H3,(H,19,20,21). The zero-order valence-corrected chi connectivity index (χ0v) is 13.2. The maximum absolute atomic E-state index is 13.0. The van der Waals surface area contributed by atoms with Gasteiger partial charge in [-0.15, -0.1) is 11.3 Å². The fourth-order valence-electron chi connectivity index (χ4n) is 2.62. The van der Waals surface area contributed by atoms with Crippen LogP contribution in [0.5, 0.6) is 0 Å². The minimum atomic E-state index is -0.268. The smallest absolute Gasteiger partial charge is 0.229 e. The highest BCUT2D eigenvalue weighted by Crippen LogP contribution is 2.31. The van der Waals surface area contributed by atoms with Crippen LogP contribution in [0.25, 0.3) is 11.3 Å². The monoisotopic (exact) mass is 319 g/mol. The summed E-state index contributed by atoms with van der Waals surface area (Å²) in [6, 6.07) is 6.24. The van der Waals surface area contributed by atoms with Crippen LogP contribution in [0.2, 0.25) is 0 Å². The van der Waals surface area contributed by atoms with Crippen molar-refractivity contribution in [2.45, 2.75) is 19.8 Å². The lowest BCUT2D eigenvalue weighted by atomic mass is 9.97. The third kappa shape index (κ3) is 3.34. The highest BCUT2D eigenvalue weighted by Gasteiger charge is 2.22. The van der Waals surface area contributed by atoms with Gasteiger partial charge in [-0.05, 0) is 57.1 Å². The Morgan fingerprint density at radius 2 is 2.00 bits per heavy atom. The highest BCUT2D eigenvalue weighted by atomic mass is 32.1. The molecule has 1 saturated heterocycles. The van der Waals surface area contributed by atoms with Gasteiger partial charge in [-0.2, -0.15) is 0 Å². The first-order valence-electron chi connectivity index (χ1n) is 7.38. The van der Waals surface area contributed by atoms with E-state index in [0.717, 1.165) is 42.1 Å². The minimum Gasteiger partial charge on any atom is -0.317 e. The molecule has 0 saturated carbocycles. The topological polar surface area (TPSA) is 54.0 Å². The Kier molecular flexibility index (Phi) is 4.49. The molecule has 22 heavy (non-hydrogen) atoms. The van der Waals surface area contributed by atoms with Crippen LogP contribution in [0.1, 0.15) is 17.7 Å². The van der Waals surface area contributed by atoms with Crippen molar-refractivity contribution in [3.8, 4) is 11.3 Å². The Labute approximate surface area is 132 Å². The molecular weight excluding hydrogens is 301 g/mol. The molecule has 1 aliphatic heterocycles. The van der Waals surface area contributed by atoms with Crippen molar-refractivity contribution in [1.82, 2.24) is 10.3 Å². The number of aromatic nitrogens is 1. The molecule has 2 heterocycles. The lowest BCUT2D eigenvalue weighted by Crippen LogP contribution is -2.34. The number of halogens is 1. The van der Waals surface area contributed by atoms with Crippen LogP contribution >= 0.6 is 11.3 Å². The summed E-state index contributed by atoms with van der Waals surface area (Å²) in [7, 11) is 0. The van der Waals surface area contributed by atoms with E-state index in [4.69, 9.17) is 0 Å². The molecule has 2 N–H and O–H groups in total. The number of amides is 1. The van der Waals surface area contributed by atoms with Gasteiger partial charge in [0.05, 0.1) is 5.69 Å².